The highest BCUT2D eigenvalue weighted by molar-refractivity contribution is 5.93. The number of rotatable bonds is 5. The van der Waals surface area contributed by atoms with Gasteiger partial charge in [-0.1, -0.05) is 13.8 Å². The molecular formula is C13H19N3O2. The summed E-state index contributed by atoms with van der Waals surface area (Å²) in [5.74, 6) is 0.129. The van der Waals surface area contributed by atoms with Crippen LogP contribution in [0, 0.1) is 17.2 Å². The molecule has 1 aromatic heterocycles. The second-order valence-corrected chi connectivity index (χ2v) is 4.82. The second kappa shape index (κ2) is 6.22. The third-order valence-electron chi connectivity index (χ3n) is 2.68. The maximum atomic E-state index is 12.0. The van der Waals surface area contributed by atoms with Crippen molar-refractivity contribution in [3.8, 4) is 6.07 Å². The first-order valence-electron chi connectivity index (χ1n) is 5.96. The Morgan fingerprint density at radius 3 is 2.72 bits per heavy atom. The summed E-state index contributed by atoms with van der Waals surface area (Å²) in [6.07, 6.45) is 2.32. The maximum Gasteiger partial charge on any atom is 0.268 e. The van der Waals surface area contributed by atoms with Crippen LogP contribution in [-0.4, -0.2) is 28.2 Å². The first-order chi connectivity index (χ1) is 8.47. The van der Waals surface area contributed by atoms with Crippen LogP contribution in [0.3, 0.4) is 0 Å². The zero-order valence-electron chi connectivity index (χ0n) is 11.0. The highest BCUT2D eigenvalue weighted by Crippen LogP contribution is 2.08. The van der Waals surface area contributed by atoms with E-state index in [0.29, 0.717) is 17.2 Å². The Hall–Kier alpha value is -1.80. The number of carbonyl (C=O) groups excluding carboxylic acids is 1. The molecular weight excluding hydrogens is 230 g/mol. The van der Waals surface area contributed by atoms with E-state index in [9.17, 15) is 9.90 Å². The largest absolute Gasteiger partial charge is 0.394 e. The number of hydrogen-bond donors (Lipinski definition) is 2. The van der Waals surface area contributed by atoms with Gasteiger partial charge in [-0.25, -0.2) is 0 Å². The number of carbonyl (C=O) groups is 1. The molecule has 0 aliphatic carbocycles. The lowest BCUT2D eigenvalue weighted by molar-refractivity contribution is 0.0900. The lowest BCUT2D eigenvalue weighted by Crippen LogP contribution is -2.39. The van der Waals surface area contributed by atoms with E-state index in [2.05, 4.69) is 5.32 Å². The number of aromatic nitrogens is 1. The molecule has 0 aromatic carbocycles. The molecule has 0 radical (unpaired) electrons. The molecule has 0 spiro atoms. The molecule has 0 aliphatic heterocycles. The van der Waals surface area contributed by atoms with Crippen molar-refractivity contribution in [1.29, 1.82) is 5.26 Å². The fourth-order valence-corrected chi connectivity index (χ4v) is 1.86. The molecule has 2 N–H and O–H groups in total. The van der Waals surface area contributed by atoms with Crippen LogP contribution in [0.1, 0.15) is 36.3 Å². The van der Waals surface area contributed by atoms with E-state index < -0.39 is 0 Å². The molecule has 5 nitrogen and oxygen atoms in total. The number of nitriles is 1. The van der Waals surface area contributed by atoms with Crippen LogP contribution < -0.4 is 5.32 Å². The summed E-state index contributed by atoms with van der Waals surface area (Å²) < 4.78 is 1.61. The molecule has 5 heteroatoms. The van der Waals surface area contributed by atoms with Crippen molar-refractivity contribution in [2.75, 3.05) is 6.61 Å². The molecule has 0 fully saturated rings. The number of nitrogens with zero attached hydrogens (tertiary/aromatic N) is 2. The van der Waals surface area contributed by atoms with Crippen LogP contribution in [0.15, 0.2) is 12.3 Å². The van der Waals surface area contributed by atoms with Crippen LogP contribution in [0.2, 0.25) is 0 Å². The first kappa shape index (κ1) is 14.3. The Bertz CT molecular complexity index is 457. The van der Waals surface area contributed by atoms with Gasteiger partial charge in [0.25, 0.3) is 5.91 Å². The van der Waals surface area contributed by atoms with E-state index in [1.165, 1.54) is 0 Å². The molecule has 0 bridgehead atoms. The van der Waals surface area contributed by atoms with Gasteiger partial charge in [0, 0.05) is 13.2 Å². The van der Waals surface area contributed by atoms with E-state index >= 15 is 0 Å². The van der Waals surface area contributed by atoms with Crippen LogP contribution in [0.5, 0.6) is 0 Å². The Labute approximate surface area is 107 Å². The van der Waals surface area contributed by atoms with Gasteiger partial charge in [0.05, 0.1) is 18.2 Å². The molecule has 1 aromatic rings. The van der Waals surface area contributed by atoms with Gasteiger partial charge in [0.15, 0.2) is 0 Å². The van der Waals surface area contributed by atoms with E-state index in [-0.39, 0.29) is 18.6 Å². The van der Waals surface area contributed by atoms with Gasteiger partial charge >= 0.3 is 0 Å². The lowest BCUT2D eigenvalue weighted by Gasteiger charge is -2.18. The number of aliphatic hydroxyl groups excluding tert-OH is 1. The fraction of sp³-hybridized carbons (Fsp3) is 0.538. The molecule has 0 saturated heterocycles. The summed E-state index contributed by atoms with van der Waals surface area (Å²) in [7, 11) is 1.71. The molecule has 0 saturated carbocycles. The summed E-state index contributed by atoms with van der Waals surface area (Å²) in [6, 6.07) is 3.28. The SMILES string of the molecule is CC(C)CC(CO)NC(=O)c1cc(C#N)cn1C. The summed E-state index contributed by atoms with van der Waals surface area (Å²) in [5.41, 5.74) is 0.876. The van der Waals surface area contributed by atoms with Crippen molar-refractivity contribution in [2.24, 2.45) is 13.0 Å². The van der Waals surface area contributed by atoms with Gasteiger partial charge in [-0.3, -0.25) is 4.79 Å². The van der Waals surface area contributed by atoms with Crippen molar-refractivity contribution in [3.05, 3.63) is 23.5 Å². The molecule has 1 rings (SSSR count). The standard InChI is InChI=1S/C13H19N3O2/c1-9(2)4-11(8-17)15-13(18)12-5-10(6-14)7-16(12)3/h5,7,9,11,17H,4,8H2,1-3H3,(H,15,18). The van der Waals surface area contributed by atoms with Crippen LogP contribution in [0.25, 0.3) is 0 Å². The van der Waals surface area contributed by atoms with Gasteiger partial charge in [-0.15, -0.1) is 0 Å². The molecule has 1 atom stereocenters. The predicted molar refractivity (Wildman–Crippen MR) is 67.9 cm³/mol. The Morgan fingerprint density at radius 2 is 2.28 bits per heavy atom. The zero-order chi connectivity index (χ0) is 13.7. The van der Waals surface area contributed by atoms with E-state index in [4.69, 9.17) is 5.26 Å². The van der Waals surface area contributed by atoms with Crippen molar-refractivity contribution in [1.82, 2.24) is 9.88 Å². The average molecular weight is 249 g/mol. The van der Waals surface area contributed by atoms with E-state index in [1.807, 2.05) is 19.9 Å². The van der Waals surface area contributed by atoms with E-state index in [0.717, 1.165) is 6.42 Å². The van der Waals surface area contributed by atoms with Gasteiger partial charge < -0.3 is 15.0 Å². The minimum Gasteiger partial charge on any atom is -0.394 e. The molecule has 1 heterocycles. The quantitative estimate of drug-likeness (QED) is 0.818. The zero-order valence-corrected chi connectivity index (χ0v) is 11.0. The highest BCUT2D eigenvalue weighted by atomic mass is 16.3. The average Bonchev–Trinajstić information content (AvgIpc) is 2.69. The topological polar surface area (TPSA) is 78.1 Å². The number of amides is 1. The molecule has 0 aliphatic rings. The number of hydrogen-bond acceptors (Lipinski definition) is 3. The summed E-state index contributed by atoms with van der Waals surface area (Å²) in [6.45, 7) is 3.98. The third kappa shape index (κ3) is 3.60. The first-order valence-corrected chi connectivity index (χ1v) is 5.96. The predicted octanol–water partition coefficient (Wildman–Crippen LogP) is 1.03. The van der Waals surface area contributed by atoms with Crippen molar-refractivity contribution in [3.63, 3.8) is 0 Å². The summed E-state index contributed by atoms with van der Waals surface area (Å²) >= 11 is 0. The Balaban J connectivity index is 2.75. The minimum atomic E-state index is -0.265. The molecule has 1 amide bonds. The Morgan fingerprint density at radius 1 is 1.61 bits per heavy atom. The van der Waals surface area contributed by atoms with Gasteiger partial charge in [-0.2, -0.15) is 5.26 Å². The van der Waals surface area contributed by atoms with Crippen LogP contribution in [-0.2, 0) is 7.05 Å². The van der Waals surface area contributed by atoms with Crippen molar-refractivity contribution in [2.45, 2.75) is 26.3 Å². The van der Waals surface area contributed by atoms with E-state index in [1.54, 1.807) is 23.9 Å². The third-order valence-corrected chi connectivity index (χ3v) is 2.68. The maximum absolute atomic E-state index is 12.0. The molecule has 18 heavy (non-hydrogen) atoms. The monoisotopic (exact) mass is 249 g/mol. The second-order valence-electron chi connectivity index (χ2n) is 4.82. The minimum absolute atomic E-state index is 0.0839. The van der Waals surface area contributed by atoms with Crippen LogP contribution >= 0.6 is 0 Å². The van der Waals surface area contributed by atoms with Crippen molar-refractivity contribution < 1.29 is 9.90 Å². The fourth-order valence-electron chi connectivity index (χ4n) is 1.86. The van der Waals surface area contributed by atoms with Gasteiger partial charge in [0.1, 0.15) is 11.8 Å². The number of aryl methyl sites for hydroxylation is 1. The van der Waals surface area contributed by atoms with Gasteiger partial charge in [0.2, 0.25) is 0 Å². The number of aliphatic hydroxyl groups is 1. The van der Waals surface area contributed by atoms with Crippen LogP contribution in [0.4, 0.5) is 0 Å². The smallest absolute Gasteiger partial charge is 0.268 e. The summed E-state index contributed by atoms with van der Waals surface area (Å²) in [4.78, 5) is 12.0. The van der Waals surface area contributed by atoms with Gasteiger partial charge in [-0.05, 0) is 18.4 Å². The summed E-state index contributed by atoms with van der Waals surface area (Å²) in [5, 5.41) is 20.8. The van der Waals surface area contributed by atoms with Crippen molar-refractivity contribution >= 4 is 5.91 Å². The molecule has 1 unspecified atom stereocenters. The highest BCUT2D eigenvalue weighted by Gasteiger charge is 2.17. The normalized spacial score (nSPS) is 12.2. The number of nitrogens with one attached hydrogen (secondary N) is 1. The lowest BCUT2D eigenvalue weighted by atomic mass is 10.0. The Kier molecular flexibility index (Phi) is 4.93. The molecule has 98 valence electrons.